The first-order valence-corrected chi connectivity index (χ1v) is 8.72. The summed E-state index contributed by atoms with van der Waals surface area (Å²) in [5.41, 5.74) is 8.38. The van der Waals surface area contributed by atoms with Gasteiger partial charge in [0.2, 0.25) is 0 Å². The molecular formula is C20H21N5. The van der Waals surface area contributed by atoms with Crippen LogP contribution >= 0.6 is 0 Å². The van der Waals surface area contributed by atoms with Gasteiger partial charge in [-0.1, -0.05) is 30.3 Å². The zero-order chi connectivity index (χ0) is 17.1. The van der Waals surface area contributed by atoms with Gasteiger partial charge in [0.05, 0.1) is 23.4 Å². The van der Waals surface area contributed by atoms with E-state index in [1.165, 1.54) is 5.69 Å². The number of piperazine rings is 1. The lowest BCUT2D eigenvalue weighted by Crippen LogP contribution is -2.43. The Labute approximate surface area is 148 Å². The van der Waals surface area contributed by atoms with Crippen molar-refractivity contribution in [2.24, 2.45) is 5.10 Å². The molecule has 5 nitrogen and oxygen atoms in total. The summed E-state index contributed by atoms with van der Waals surface area (Å²) in [4.78, 5) is 2.40. The lowest BCUT2D eigenvalue weighted by Gasteiger charge is -2.29. The predicted molar refractivity (Wildman–Crippen MR) is 99.7 cm³/mol. The van der Waals surface area contributed by atoms with Crippen LogP contribution in [0.4, 0.5) is 5.69 Å². The Morgan fingerprint density at radius 3 is 2.56 bits per heavy atom. The van der Waals surface area contributed by atoms with Crippen LogP contribution in [0.3, 0.4) is 0 Å². The molecule has 1 saturated heterocycles. The molecule has 2 aromatic rings. The summed E-state index contributed by atoms with van der Waals surface area (Å²) in [6, 6.07) is 18.7. The molecule has 2 N–H and O–H groups in total. The Morgan fingerprint density at radius 1 is 1.04 bits per heavy atom. The van der Waals surface area contributed by atoms with Crippen LogP contribution in [0.1, 0.15) is 29.2 Å². The van der Waals surface area contributed by atoms with Crippen molar-refractivity contribution < 1.29 is 0 Å². The van der Waals surface area contributed by atoms with Crippen LogP contribution in [0.15, 0.2) is 53.6 Å². The van der Waals surface area contributed by atoms with Gasteiger partial charge in [0.1, 0.15) is 0 Å². The van der Waals surface area contributed by atoms with Crippen molar-refractivity contribution in [3.8, 4) is 6.07 Å². The van der Waals surface area contributed by atoms with E-state index in [2.05, 4.69) is 51.1 Å². The molecule has 25 heavy (non-hydrogen) atoms. The fourth-order valence-electron chi connectivity index (χ4n) is 3.49. The molecule has 0 radical (unpaired) electrons. The molecular weight excluding hydrogens is 310 g/mol. The summed E-state index contributed by atoms with van der Waals surface area (Å²) >= 11 is 0. The number of benzene rings is 2. The van der Waals surface area contributed by atoms with Gasteiger partial charge < -0.3 is 15.6 Å². The molecule has 0 bridgehead atoms. The van der Waals surface area contributed by atoms with Crippen LogP contribution in [-0.4, -0.2) is 31.9 Å². The van der Waals surface area contributed by atoms with Gasteiger partial charge >= 0.3 is 0 Å². The lowest BCUT2D eigenvalue weighted by molar-refractivity contribution is 0.589. The number of hydrazone groups is 1. The number of nitrogens with zero attached hydrogens (tertiary/aromatic N) is 3. The smallest absolute Gasteiger partial charge is 0.0995 e. The largest absolute Gasteiger partial charge is 0.369 e. The first-order valence-electron chi connectivity index (χ1n) is 8.72. The minimum absolute atomic E-state index is 0.0682. The van der Waals surface area contributed by atoms with Gasteiger partial charge in [0, 0.05) is 38.3 Å². The van der Waals surface area contributed by atoms with Crippen molar-refractivity contribution in [1.29, 1.82) is 5.26 Å². The molecule has 1 atom stereocenters. The summed E-state index contributed by atoms with van der Waals surface area (Å²) in [7, 11) is 0. The Kier molecular flexibility index (Phi) is 4.36. The van der Waals surface area contributed by atoms with E-state index in [-0.39, 0.29) is 6.04 Å². The highest BCUT2D eigenvalue weighted by molar-refractivity contribution is 6.02. The molecule has 5 heteroatoms. The fourth-order valence-corrected chi connectivity index (χ4v) is 3.49. The quantitative estimate of drug-likeness (QED) is 0.906. The third kappa shape index (κ3) is 3.21. The number of rotatable bonds is 3. The maximum absolute atomic E-state index is 9.29. The molecule has 1 fully saturated rings. The van der Waals surface area contributed by atoms with Gasteiger partial charge in [-0.15, -0.1) is 0 Å². The molecule has 126 valence electrons. The van der Waals surface area contributed by atoms with Crippen LogP contribution in [0.25, 0.3) is 0 Å². The molecule has 0 aliphatic carbocycles. The minimum atomic E-state index is 0.0682. The number of anilines is 1. The second-order valence-electron chi connectivity index (χ2n) is 6.43. The van der Waals surface area contributed by atoms with Crippen molar-refractivity contribution >= 4 is 11.4 Å². The van der Waals surface area contributed by atoms with Gasteiger partial charge in [-0.2, -0.15) is 10.4 Å². The minimum Gasteiger partial charge on any atom is -0.369 e. The molecule has 2 aliphatic rings. The summed E-state index contributed by atoms with van der Waals surface area (Å²) in [6.45, 7) is 4.18. The summed E-state index contributed by atoms with van der Waals surface area (Å²) in [6.07, 6.45) is 0.797. The SMILES string of the molecule is N#Cc1ccccc1C1CC(c2ccc(N3CCNCC3)cc2)=NN1. The Hall–Kier alpha value is -2.84. The van der Waals surface area contributed by atoms with Gasteiger partial charge in [0.15, 0.2) is 0 Å². The third-order valence-electron chi connectivity index (χ3n) is 4.89. The van der Waals surface area contributed by atoms with E-state index >= 15 is 0 Å². The fraction of sp³-hybridized carbons (Fsp3) is 0.300. The number of hydrogen-bond acceptors (Lipinski definition) is 5. The maximum atomic E-state index is 9.29. The van der Waals surface area contributed by atoms with Gasteiger partial charge in [0.25, 0.3) is 0 Å². The summed E-state index contributed by atoms with van der Waals surface area (Å²) in [5, 5.41) is 17.2. The Balaban J connectivity index is 1.47. The van der Waals surface area contributed by atoms with Crippen molar-refractivity contribution in [3.05, 3.63) is 65.2 Å². The third-order valence-corrected chi connectivity index (χ3v) is 4.89. The summed E-state index contributed by atoms with van der Waals surface area (Å²) < 4.78 is 0. The van der Waals surface area contributed by atoms with Crippen LogP contribution in [0.2, 0.25) is 0 Å². The average Bonchev–Trinajstić information content (AvgIpc) is 3.19. The van der Waals surface area contributed by atoms with E-state index in [4.69, 9.17) is 0 Å². The maximum Gasteiger partial charge on any atom is 0.0995 e. The average molecular weight is 331 g/mol. The van der Waals surface area contributed by atoms with Crippen LogP contribution < -0.4 is 15.6 Å². The number of hydrogen-bond donors (Lipinski definition) is 2. The second kappa shape index (κ2) is 6.96. The molecule has 2 aromatic carbocycles. The molecule has 0 amide bonds. The van der Waals surface area contributed by atoms with Crippen LogP contribution in [-0.2, 0) is 0 Å². The van der Waals surface area contributed by atoms with Crippen LogP contribution in [0.5, 0.6) is 0 Å². The molecule has 0 saturated carbocycles. The molecule has 1 unspecified atom stereocenters. The molecule has 4 rings (SSSR count). The van der Waals surface area contributed by atoms with Gasteiger partial charge in [-0.25, -0.2) is 0 Å². The van der Waals surface area contributed by atoms with E-state index in [1.807, 2.05) is 24.3 Å². The highest BCUT2D eigenvalue weighted by atomic mass is 15.3. The molecule has 0 spiro atoms. The number of nitrogens with one attached hydrogen (secondary N) is 2. The van der Waals surface area contributed by atoms with E-state index in [9.17, 15) is 5.26 Å². The number of nitriles is 1. The van der Waals surface area contributed by atoms with Crippen molar-refractivity contribution in [2.45, 2.75) is 12.5 Å². The lowest BCUT2D eigenvalue weighted by atomic mass is 9.96. The summed E-state index contributed by atoms with van der Waals surface area (Å²) in [5.74, 6) is 0. The van der Waals surface area contributed by atoms with E-state index in [0.717, 1.165) is 49.4 Å². The predicted octanol–water partition coefficient (Wildman–Crippen LogP) is 2.41. The Morgan fingerprint density at radius 2 is 1.80 bits per heavy atom. The van der Waals surface area contributed by atoms with E-state index < -0.39 is 0 Å². The Bertz CT molecular complexity index is 813. The topological polar surface area (TPSA) is 63.5 Å². The van der Waals surface area contributed by atoms with Crippen molar-refractivity contribution in [2.75, 3.05) is 31.1 Å². The first-order chi connectivity index (χ1) is 12.3. The standard InChI is InChI=1S/C20H21N5/c21-14-16-3-1-2-4-18(16)20-13-19(23-24-20)15-5-7-17(8-6-15)25-11-9-22-10-12-25/h1-8,20,22,24H,9-13H2. The zero-order valence-electron chi connectivity index (χ0n) is 14.1. The molecule has 0 aromatic heterocycles. The molecule has 2 heterocycles. The normalized spacial score (nSPS) is 19.9. The highest BCUT2D eigenvalue weighted by Crippen LogP contribution is 2.27. The first kappa shape index (κ1) is 15.7. The molecule has 2 aliphatic heterocycles. The van der Waals surface area contributed by atoms with Gasteiger partial charge in [-0.3, -0.25) is 0 Å². The van der Waals surface area contributed by atoms with E-state index in [0.29, 0.717) is 5.56 Å². The van der Waals surface area contributed by atoms with Crippen molar-refractivity contribution in [1.82, 2.24) is 10.7 Å². The van der Waals surface area contributed by atoms with E-state index in [1.54, 1.807) is 0 Å². The monoisotopic (exact) mass is 331 g/mol. The second-order valence-corrected chi connectivity index (χ2v) is 6.43. The van der Waals surface area contributed by atoms with Crippen LogP contribution in [0, 0.1) is 11.3 Å². The van der Waals surface area contributed by atoms with Crippen molar-refractivity contribution in [3.63, 3.8) is 0 Å². The highest BCUT2D eigenvalue weighted by Gasteiger charge is 2.23. The van der Waals surface area contributed by atoms with Gasteiger partial charge in [-0.05, 0) is 29.3 Å². The zero-order valence-corrected chi connectivity index (χ0v) is 14.1.